The van der Waals surface area contributed by atoms with E-state index in [0.717, 1.165) is 6.54 Å². The highest BCUT2D eigenvalue weighted by Crippen LogP contribution is 1.94. The summed E-state index contributed by atoms with van der Waals surface area (Å²) in [5.74, 6) is 0.412. The zero-order valence-electron chi connectivity index (χ0n) is 8.93. The van der Waals surface area contributed by atoms with Crippen LogP contribution in [-0.2, 0) is 0 Å². The molecule has 0 fully saturated rings. The molecule has 7 heteroatoms. The van der Waals surface area contributed by atoms with Gasteiger partial charge in [0.2, 0.25) is 0 Å². The molecule has 0 saturated carbocycles. The number of rotatable bonds is 7. The Hall–Kier alpha value is -1.50. The van der Waals surface area contributed by atoms with Crippen LogP contribution in [0.5, 0.6) is 0 Å². The normalized spacial score (nSPS) is 13.5. The molecule has 0 aromatic rings. The minimum Gasteiger partial charge on any atom is -0.409 e. The maximum Gasteiger partial charge on any atom is 0.140 e. The third kappa shape index (κ3) is 6.55. The van der Waals surface area contributed by atoms with E-state index >= 15 is 0 Å². The van der Waals surface area contributed by atoms with E-state index in [0.29, 0.717) is 25.9 Å². The summed E-state index contributed by atoms with van der Waals surface area (Å²) in [4.78, 5) is 2.07. The fourth-order valence-corrected chi connectivity index (χ4v) is 1.07. The Balaban J connectivity index is 3.83. The number of hydrogen-bond donors (Lipinski definition) is 4. The first-order valence-corrected chi connectivity index (χ1v) is 4.79. The quantitative estimate of drug-likeness (QED) is 0.200. The highest BCUT2D eigenvalue weighted by atomic mass is 16.4. The molecule has 0 unspecified atom stereocenters. The Morgan fingerprint density at radius 2 is 1.47 bits per heavy atom. The van der Waals surface area contributed by atoms with Gasteiger partial charge in [-0.25, -0.2) is 0 Å². The largest absolute Gasteiger partial charge is 0.409 e. The van der Waals surface area contributed by atoms with E-state index in [-0.39, 0.29) is 11.7 Å². The summed E-state index contributed by atoms with van der Waals surface area (Å²) in [7, 11) is 0. The minimum atomic E-state index is 0.206. The van der Waals surface area contributed by atoms with E-state index < -0.39 is 0 Å². The van der Waals surface area contributed by atoms with Gasteiger partial charge < -0.3 is 26.8 Å². The lowest BCUT2D eigenvalue weighted by molar-refractivity contribution is 0.291. The number of nitrogens with zero attached hydrogens (tertiary/aromatic N) is 3. The molecule has 15 heavy (non-hydrogen) atoms. The molecule has 6 N–H and O–H groups in total. The van der Waals surface area contributed by atoms with Gasteiger partial charge in [-0.2, -0.15) is 0 Å². The summed E-state index contributed by atoms with van der Waals surface area (Å²) in [6, 6.07) is 0. The molecule has 0 saturated heterocycles. The highest BCUT2D eigenvalue weighted by molar-refractivity contribution is 5.80. The molecule has 0 aromatic carbocycles. The molecule has 0 aliphatic rings. The predicted octanol–water partition coefficient (Wildman–Crippen LogP) is -0.419. The third-order valence-corrected chi connectivity index (χ3v) is 2.07. The first-order chi connectivity index (χ1) is 7.13. The van der Waals surface area contributed by atoms with Gasteiger partial charge in [0.15, 0.2) is 0 Å². The van der Waals surface area contributed by atoms with Gasteiger partial charge in [-0.1, -0.05) is 17.2 Å². The van der Waals surface area contributed by atoms with Gasteiger partial charge in [0.25, 0.3) is 0 Å². The van der Waals surface area contributed by atoms with Crippen LogP contribution in [0, 0.1) is 0 Å². The predicted molar refractivity (Wildman–Crippen MR) is 58.2 cm³/mol. The van der Waals surface area contributed by atoms with Crippen LogP contribution in [0.25, 0.3) is 0 Å². The average molecular weight is 217 g/mol. The lowest BCUT2D eigenvalue weighted by Crippen LogP contribution is -2.31. The van der Waals surface area contributed by atoms with E-state index in [2.05, 4.69) is 15.2 Å². The lowest BCUT2D eigenvalue weighted by atomic mass is 10.3. The number of nitrogens with two attached hydrogens (primary N) is 2. The van der Waals surface area contributed by atoms with Crippen molar-refractivity contribution in [2.45, 2.75) is 19.8 Å². The van der Waals surface area contributed by atoms with Crippen LogP contribution in [-0.4, -0.2) is 46.6 Å². The smallest absolute Gasteiger partial charge is 0.140 e. The molecule has 0 aliphatic heterocycles. The maximum absolute atomic E-state index is 8.35. The Morgan fingerprint density at radius 1 is 1.07 bits per heavy atom. The van der Waals surface area contributed by atoms with Crippen molar-refractivity contribution in [1.29, 1.82) is 0 Å². The zero-order valence-corrected chi connectivity index (χ0v) is 8.93. The van der Waals surface area contributed by atoms with Crippen molar-refractivity contribution in [3.63, 3.8) is 0 Å². The summed E-state index contributed by atoms with van der Waals surface area (Å²) in [5, 5.41) is 22.5. The van der Waals surface area contributed by atoms with Gasteiger partial charge >= 0.3 is 0 Å². The summed E-state index contributed by atoms with van der Waals surface area (Å²) < 4.78 is 0. The second-order valence-electron chi connectivity index (χ2n) is 3.12. The summed E-state index contributed by atoms with van der Waals surface area (Å²) in [6.45, 7) is 4.20. The molecule has 0 aromatic heterocycles. The second-order valence-corrected chi connectivity index (χ2v) is 3.12. The van der Waals surface area contributed by atoms with Gasteiger partial charge in [-0.15, -0.1) is 0 Å². The SMILES string of the molecule is CCN(CCC(N)=NO)CCC(N)=NO. The molecule has 7 nitrogen and oxygen atoms in total. The molecule has 0 spiro atoms. The van der Waals surface area contributed by atoms with Crippen molar-refractivity contribution in [2.75, 3.05) is 19.6 Å². The Morgan fingerprint density at radius 3 is 1.73 bits per heavy atom. The third-order valence-electron chi connectivity index (χ3n) is 2.07. The van der Waals surface area contributed by atoms with Crippen molar-refractivity contribution in [2.24, 2.45) is 21.8 Å². The van der Waals surface area contributed by atoms with Crippen LogP contribution in [0.2, 0.25) is 0 Å². The van der Waals surface area contributed by atoms with Gasteiger partial charge in [-0.05, 0) is 6.54 Å². The van der Waals surface area contributed by atoms with E-state index in [1.165, 1.54) is 0 Å². The Labute approximate surface area is 89.0 Å². The van der Waals surface area contributed by atoms with Gasteiger partial charge in [0.1, 0.15) is 11.7 Å². The molecule has 0 aliphatic carbocycles. The molecule has 88 valence electrons. The minimum absolute atomic E-state index is 0.206. The van der Waals surface area contributed by atoms with Crippen LogP contribution >= 0.6 is 0 Å². The molecule has 0 atom stereocenters. The molecule has 0 bridgehead atoms. The summed E-state index contributed by atoms with van der Waals surface area (Å²) in [5.41, 5.74) is 10.7. The summed E-state index contributed by atoms with van der Waals surface area (Å²) >= 11 is 0. The average Bonchev–Trinajstić information content (AvgIpc) is 2.28. The van der Waals surface area contributed by atoms with E-state index in [9.17, 15) is 0 Å². The Bertz CT molecular complexity index is 207. The molecule has 0 rings (SSSR count). The first kappa shape index (κ1) is 13.5. The lowest BCUT2D eigenvalue weighted by Gasteiger charge is -2.19. The van der Waals surface area contributed by atoms with Crippen LogP contribution in [0.15, 0.2) is 10.3 Å². The number of hydrogen-bond acceptors (Lipinski definition) is 5. The van der Waals surface area contributed by atoms with Crippen molar-refractivity contribution >= 4 is 11.7 Å². The molecule has 0 radical (unpaired) electrons. The highest BCUT2D eigenvalue weighted by Gasteiger charge is 2.04. The molecular weight excluding hydrogens is 198 g/mol. The van der Waals surface area contributed by atoms with E-state index in [4.69, 9.17) is 21.9 Å². The molecule has 0 heterocycles. The second kappa shape index (κ2) is 7.86. The first-order valence-electron chi connectivity index (χ1n) is 4.79. The Kier molecular flexibility index (Phi) is 7.08. The zero-order chi connectivity index (χ0) is 11.7. The standard InChI is InChI=1S/C8H19N5O2/c1-2-13(5-3-7(9)11-14)6-4-8(10)12-15/h14-15H,2-6H2,1H3,(H2,9,11)(H2,10,12). The van der Waals surface area contributed by atoms with Crippen LogP contribution in [0.3, 0.4) is 0 Å². The van der Waals surface area contributed by atoms with Crippen LogP contribution < -0.4 is 11.5 Å². The van der Waals surface area contributed by atoms with Gasteiger partial charge in [0, 0.05) is 25.9 Å². The van der Waals surface area contributed by atoms with Crippen LogP contribution in [0.4, 0.5) is 0 Å². The van der Waals surface area contributed by atoms with Crippen molar-refractivity contribution in [3.8, 4) is 0 Å². The monoisotopic (exact) mass is 217 g/mol. The maximum atomic E-state index is 8.35. The van der Waals surface area contributed by atoms with Gasteiger partial charge in [0.05, 0.1) is 0 Å². The fraction of sp³-hybridized carbons (Fsp3) is 0.750. The van der Waals surface area contributed by atoms with Crippen molar-refractivity contribution < 1.29 is 10.4 Å². The number of oxime groups is 2. The van der Waals surface area contributed by atoms with Gasteiger partial charge in [-0.3, -0.25) is 0 Å². The van der Waals surface area contributed by atoms with Crippen LogP contribution in [0.1, 0.15) is 19.8 Å². The fourth-order valence-electron chi connectivity index (χ4n) is 1.07. The number of amidine groups is 2. The van der Waals surface area contributed by atoms with Crippen molar-refractivity contribution in [1.82, 2.24) is 4.90 Å². The van der Waals surface area contributed by atoms with E-state index in [1.54, 1.807) is 0 Å². The summed E-state index contributed by atoms with van der Waals surface area (Å²) in [6.07, 6.45) is 1.00. The topological polar surface area (TPSA) is 120 Å². The van der Waals surface area contributed by atoms with Crippen molar-refractivity contribution in [3.05, 3.63) is 0 Å². The molecular formula is C8H19N5O2. The molecule has 0 amide bonds. The van der Waals surface area contributed by atoms with E-state index in [1.807, 2.05) is 6.92 Å².